The largest absolute Gasteiger partial charge is 0.280 e. The van der Waals surface area contributed by atoms with Gasteiger partial charge in [-0.1, -0.05) is 6.07 Å². The zero-order chi connectivity index (χ0) is 19.8. The lowest BCUT2D eigenvalue weighted by Crippen LogP contribution is -2.15. The molecule has 0 amide bonds. The van der Waals surface area contributed by atoms with Crippen molar-refractivity contribution < 1.29 is 8.42 Å². The van der Waals surface area contributed by atoms with Crippen molar-refractivity contribution in [1.29, 1.82) is 0 Å². The fourth-order valence-corrected chi connectivity index (χ4v) is 4.17. The topological polar surface area (TPSA) is 91.9 Å². The fourth-order valence-electron chi connectivity index (χ4n) is 2.77. The van der Waals surface area contributed by atoms with E-state index in [0.29, 0.717) is 22.5 Å². The lowest BCUT2D eigenvalue weighted by molar-refractivity contribution is 0.600. The summed E-state index contributed by atoms with van der Waals surface area (Å²) in [7, 11) is -3.78. The van der Waals surface area contributed by atoms with Crippen molar-refractivity contribution in [2.45, 2.75) is 32.6 Å². The number of nitrogens with zero attached hydrogens (tertiary/aromatic N) is 1. The highest BCUT2D eigenvalue weighted by molar-refractivity contribution is 7.92. The van der Waals surface area contributed by atoms with Crippen LogP contribution in [0.4, 0.5) is 5.69 Å². The Bertz CT molecular complexity index is 1160. The van der Waals surface area contributed by atoms with Crippen molar-refractivity contribution in [1.82, 2.24) is 10.2 Å². The molecule has 6 nitrogen and oxygen atoms in total. The summed E-state index contributed by atoms with van der Waals surface area (Å²) in [5.74, 6) is 0. The summed E-state index contributed by atoms with van der Waals surface area (Å²) >= 11 is 0. The Balaban J connectivity index is 2.07. The van der Waals surface area contributed by atoms with Gasteiger partial charge >= 0.3 is 0 Å². The first-order chi connectivity index (χ1) is 12.7. The van der Waals surface area contributed by atoms with Crippen LogP contribution in [0.15, 0.2) is 52.2 Å². The standard InChI is InChI=1S/C20H21N3O3S/c1-12-5-6-17(10-13(12)2)23-27(25,26)19-11-16(9-14(3)15(19)4)18-7-8-20(24)22-21-18/h5-11,23H,1-4H3,(H,22,24). The predicted molar refractivity (Wildman–Crippen MR) is 106 cm³/mol. The lowest BCUT2D eigenvalue weighted by atomic mass is 10.0. The monoisotopic (exact) mass is 383 g/mol. The molecular weight excluding hydrogens is 362 g/mol. The predicted octanol–water partition coefficient (Wildman–Crippen LogP) is 3.47. The van der Waals surface area contributed by atoms with E-state index < -0.39 is 10.0 Å². The minimum Gasteiger partial charge on any atom is -0.280 e. The molecule has 7 heteroatoms. The van der Waals surface area contributed by atoms with Crippen molar-refractivity contribution in [3.8, 4) is 11.3 Å². The maximum Gasteiger partial charge on any atom is 0.264 e. The number of rotatable bonds is 4. The summed E-state index contributed by atoms with van der Waals surface area (Å²) < 4.78 is 28.7. The molecule has 1 heterocycles. The third kappa shape index (κ3) is 3.93. The summed E-state index contributed by atoms with van der Waals surface area (Å²) in [6, 6.07) is 11.8. The molecule has 3 rings (SSSR count). The smallest absolute Gasteiger partial charge is 0.264 e. The highest BCUT2D eigenvalue weighted by atomic mass is 32.2. The number of anilines is 1. The van der Waals surface area contributed by atoms with Crippen molar-refractivity contribution >= 4 is 15.7 Å². The zero-order valence-electron chi connectivity index (χ0n) is 15.6. The normalized spacial score (nSPS) is 11.4. The summed E-state index contributed by atoms with van der Waals surface area (Å²) in [5, 5.41) is 6.37. The Hall–Kier alpha value is -2.93. The van der Waals surface area contributed by atoms with E-state index in [2.05, 4.69) is 14.9 Å². The Morgan fingerprint density at radius 1 is 0.889 bits per heavy atom. The van der Waals surface area contributed by atoms with E-state index in [0.717, 1.165) is 16.7 Å². The van der Waals surface area contributed by atoms with Crippen molar-refractivity contribution in [3.63, 3.8) is 0 Å². The number of aryl methyl sites for hydroxylation is 3. The average Bonchev–Trinajstić information content (AvgIpc) is 2.60. The number of hydrogen-bond acceptors (Lipinski definition) is 4. The van der Waals surface area contributed by atoms with Gasteiger partial charge in [0.2, 0.25) is 0 Å². The fraction of sp³-hybridized carbons (Fsp3) is 0.200. The number of aromatic nitrogens is 2. The first-order valence-corrected chi connectivity index (χ1v) is 9.93. The molecule has 0 bridgehead atoms. The van der Waals surface area contributed by atoms with E-state index in [4.69, 9.17) is 0 Å². The number of aromatic amines is 1. The van der Waals surface area contributed by atoms with E-state index in [9.17, 15) is 13.2 Å². The molecule has 0 saturated carbocycles. The maximum atomic E-state index is 13.0. The van der Waals surface area contributed by atoms with Gasteiger partial charge in [0, 0.05) is 17.3 Å². The molecule has 140 valence electrons. The quantitative estimate of drug-likeness (QED) is 0.721. The molecule has 1 aromatic heterocycles. The lowest BCUT2D eigenvalue weighted by Gasteiger charge is -2.15. The average molecular weight is 383 g/mol. The Morgan fingerprint density at radius 3 is 2.26 bits per heavy atom. The van der Waals surface area contributed by atoms with Gasteiger partial charge in [0.1, 0.15) is 0 Å². The van der Waals surface area contributed by atoms with Gasteiger partial charge in [0.05, 0.1) is 10.6 Å². The second-order valence-electron chi connectivity index (χ2n) is 6.63. The number of H-pyrrole nitrogens is 1. The van der Waals surface area contributed by atoms with E-state index in [1.165, 1.54) is 6.07 Å². The van der Waals surface area contributed by atoms with Crippen LogP contribution >= 0.6 is 0 Å². The van der Waals surface area contributed by atoms with Gasteiger partial charge in [0.15, 0.2) is 0 Å². The molecular formula is C20H21N3O3S. The van der Waals surface area contributed by atoms with Gasteiger partial charge in [-0.05, 0) is 80.3 Å². The van der Waals surface area contributed by atoms with Gasteiger partial charge in [-0.2, -0.15) is 5.10 Å². The van der Waals surface area contributed by atoms with Gasteiger partial charge in [-0.15, -0.1) is 0 Å². The Kier molecular flexibility index (Phi) is 4.89. The SMILES string of the molecule is Cc1ccc(NS(=O)(=O)c2cc(-c3ccc(=O)[nH]n3)cc(C)c2C)cc1C. The van der Waals surface area contributed by atoms with Gasteiger partial charge in [-0.3, -0.25) is 9.52 Å². The summed E-state index contributed by atoms with van der Waals surface area (Å²) in [6.45, 7) is 7.53. The minimum absolute atomic E-state index is 0.184. The summed E-state index contributed by atoms with van der Waals surface area (Å²) in [4.78, 5) is 11.4. The van der Waals surface area contributed by atoms with Crippen LogP contribution in [0.3, 0.4) is 0 Å². The molecule has 0 atom stereocenters. The van der Waals surface area contributed by atoms with E-state index >= 15 is 0 Å². The number of nitrogens with one attached hydrogen (secondary N) is 2. The summed E-state index contributed by atoms with van der Waals surface area (Å²) in [6.07, 6.45) is 0. The third-order valence-corrected chi connectivity index (χ3v) is 6.15. The van der Waals surface area contributed by atoms with Crippen LogP contribution in [0, 0.1) is 27.7 Å². The van der Waals surface area contributed by atoms with E-state index in [1.807, 2.05) is 39.0 Å². The van der Waals surface area contributed by atoms with Crippen LogP contribution in [-0.4, -0.2) is 18.6 Å². The van der Waals surface area contributed by atoms with Crippen LogP contribution in [0.2, 0.25) is 0 Å². The number of benzene rings is 2. The third-order valence-electron chi connectivity index (χ3n) is 4.64. The van der Waals surface area contributed by atoms with Gasteiger partial charge in [0.25, 0.3) is 15.6 Å². The molecule has 27 heavy (non-hydrogen) atoms. The molecule has 2 aromatic carbocycles. The van der Waals surface area contributed by atoms with Gasteiger partial charge in [-0.25, -0.2) is 13.5 Å². The molecule has 0 radical (unpaired) electrons. The van der Waals surface area contributed by atoms with Crippen LogP contribution in [0.25, 0.3) is 11.3 Å². The number of sulfonamides is 1. The summed E-state index contributed by atoms with van der Waals surface area (Å²) in [5.41, 5.74) is 4.91. The van der Waals surface area contributed by atoms with E-state index in [1.54, 1.807) is 25.1 Å². The second kappa shape index (κ2) is 7.00. The molecule has 0 aliphatic heterocycles. The molecule has 0 aliphatic rings. The van der Waals surface area contributed by atoms with Gasteiger partial charge < -0.3 is 0 Å². The number of hydrogen-bond donors (Lipinski definition) is 2. The van der Waals surface area contributed by atoms with Crippen molar-refractivity contribution in [2.75, 3.05) is 4.72 Å². The molecule has 0 fully saturated rings. The van der Waals surface area contributed by atoms with Crippen molar-refractivity contribution in [3.05, 3.63) is 75.1 Å². The molecule has 0 unspecified atom stereocenters. The highest BCUT2D eigenvalue weighted by Gasteiger charge is 2.20. The van der Waals surface area contributed by atoms with Crippen LogP contribution in [0.1, 0.15) is 22.3 Å². The first-order valence-electron chi connectivity index (χ1n) is 8.45. The molecule has 3 aromatic rings. The van der Waals surface area contributed by atoms with Crippen molar-refractivity contribution in [2.24, 2.45) is 0 Å². The second-order valence-corrected chi connectivity index (χ2v) is 8.28. The van der Waals surface area contributed by atoms with Crippen LogP contribution < -0.4 is 10.3 Å². The van der Waals surface area contributed by atoms with Crippen LogP contribution in [0.5, 0.6) is 0 Å². The molecule has 0 spiro atoms. The maximum absolute atomic E-state index is 13.0. The molecule has 2 N–H and O–H groups in total. The minimum atomic E-state index is -3.78. The first kappa shape index (κ1) is 18.8. The zero-order valence-corrected chi connectivity index (χ0v) is 16.4. The van der Waals surface area contributed by atoms with Crippen LogP contribution in [-0.2, 0) is 10.0 Å². The molecule has 0 aliphatic carbocycles. The highest BCUT2D eigenvalue weighted by Crippen LogP contribution is 2.28. The van der Waals surface area contributed by atoms with E-state index in [-0.39, 0.29) is 10.5 Å². The Morgan fingerprint density at radius 2 is 1.63 bits per heavy atom. The molecule has 0 saturated heterocycles. The Labute approximate surface area is 158 Å².